The average molecular weight is 194 g/mol. The molecule has 1 aromatic heterocycles. The molecule has 0 amide bonds. The topological polar surface area (TPSA) is 50.4 Å². The normalized spacial score (nSPS) is 20.5. The number of carbonyl (C=O) groups is 1. The zero-order valence-corrected chi connectivity index (χ0v) is 8.25. The largest absolute Gasteiger partial charge is 0.481 e. The molecule has 3 heteroatoms. The van der Waals surface area contributed by atoms with Crippen LogP contribution in [0.3, 0.4) is 0 Å². The fourth-order valence-corrected chi connectivity index (χ4v) is 2.00. The molecule has 0 radical (unpaired) electrons. The van der Waals surface area contributed by atoms with Crippen LogP contribution in [0, 0.1) is 5.92 Å². The van der Waals surface area contributed by atoms with Crippen molar-refractivity contribution < 1.29 is 14.3 Å². The minimum Gasteiger partial charge on any atom is -0.481 e. The third-order valence-electron chi connectivity index (χ3n) is 2.71. The van der Waals surface area contributed by atoms with Crippen molar-refractivity contribution in [3.63, 3.8) is 0 Å². The monoisotopic (exact) mass is 194 g/mol. The van der Waals surface area contributed by atoms with Crippen LogP contribution in [0.25, 0.3) is 0 Å². The van der Waals surface area contributed by atoms with Gasteiger partial charge in [0, 0.05) is 6.42 Å². The summed E-state index contributed by atoms with van der Waals surface area (Å²) < 4.78 is 5.48. The molecule has 0 aliphatic heterocycles. The van der Waals surface area contributed by atoms with Gasteiger partial charge >= 0.3 is 5.97 Å². The predicted octanol–water partition coefficient (Wildman–Crippen LogP) is 2.03. The van der Waals surface area contributed by atoms with Crippen LogP contribution in [0.15, 0.2) is 10.5 Å². The van der Waals surface area contributed by atoms with E-state index < -0.39 is 5.97 Å². The van der Waals surface area contributed by atoms with Crippen LogP contribution in [0.1, 0.15) is 30.4 Å². The number of aryl methyl sites for hydroxylation is 1. The molecule has 1 aromatic rings. The molecule has 1 N–H and O–H groups in total. The lowest BCUT2D eigenvalue weighted by Crippen LogP contribution is -2.08. The van der Waals surface area contributed by atoms with Crippen molar-refractivity contribution in [1.82, 2.24) is 0 Å². The van der Waals surface area contributed by atoms with Gasteiger partial charge in [0.2, 0.25) is 0 Å². The van der Waals surface area contributed by atoms with E-state index in [1.54, 1.807) is 0 Å². The maximum absolute atomic E-state index is 10.5. The Bertz CT molecular complexity index is 351. The minimum atomic E-state index is -0.829. The summed E-state index contributed by atoms with van der Waals surface area (Å²) in [6, 6.07) is 1.90. The smallest absolute Gasteiger partial charge is 0.311 e. The highest BCUT2D eigenvalue weighted by Crippen LogP contribution is 2.28. The number of carboxylic acid groups (broad SMARTS) is 1. The van der Waals surface area contributed by atoms with Crippen LogP contribution in [0.4, 0.5) is 0 Å². The first-order valence-electron chi connectivity index (χ1n) is 4.97. The highest BCUT2D eigenvalue weighted by Gasteiger charge is 2.20. The Labute approximate surface area is 82.7 Å². The van der Waals surface area contributed by atoms with Gasteiger partial charge in [-0.25, -0.2) is 0 Å². The number of aliphatic carboxylic acids is 1. The molecule has 0 saturated heterocycles. The number of hydrogen-bond donors (Lipinski definition) is 1. The highest BCUT2D eigenvalue weighted by molar-refractivity contribution is 5.69. The highest BCUT2D eigenvalue weighted by atomic mass is 16.4. The lowest BCUT2D eigenvalue weighted by Gasteiger charge is -2.15. The zero-order valence-electron chi connectivity index (χ0n) is 8.25. The van der Waals surface area contributed by atoms with Gasteiger partial charge < -0.3 is 9.52 Å². The molecule has 1 heterocycles. The lowest BCUT2D eigenvalue weighted by atomic mass is 9.89. The van der Waals surface area contributed by atoms with Gasteiger partial charge in [0.1, 0.15) is 17.9 Å². The molecule has 0 spiro atoms. The molecule has 14 heavy (non-hydrogen) atoms. The Kier molecular flexibility index (Phi) is 2.32. The molecule has 1 atom stereocenters. The third kappa shape index (κ3) is 1.81. The second-order valence-electron chi connectivity index (χ2n) is 4.08. The second kappa shape index (κ2) is 3.48. The van der Waals surface area contributed by atoms with Crippen molar-refractivity contribution >= 4 is 5.97 Å². The molecule has 0 saturated carbocycles. The van der Waals surface area contributed by atoms with Gasteiger partial charge in [-0.1, -0.05) is 6.92 Å². The number of fused-ring (bicyclic) bond motifs is 1. The Hall–Kier alpha value is -1.25. The van der Waals surface area contributed by atoms with Crippen molar-refractivity contribution in [2.45, 2.75) is 32.6 Å². The van der Waals surface area contributed by atoms with Crippen LogP contribution in [-0.2, 0) is 24.1 Å². The van der Waals surface area contributed by atoms with Crippen molar-refractivity contribution in [1.29, 1.82) is 0 Å². The molecule has 1 unspecified atom stereocenters. The van der Waals surface area contributed by atoms with Crippen LogP contribution >= 0.6 is 0 Å². The standard InChI is InChI=1S/C11H14O3/c1-7-2-3-10-8(4-7)5-9(14-10)6-11(12)13/h5,7H,2-4,6H2,1H3,(H,12,13). The van der Waals surface area contributed by atoms with E-state index in [0.29, 0.717) is 11.7 Å². The minimum absolute atomic E-state index is 0.00137. The van der Waals surface area contributed by atoms with E-state index in [9.17, 15) is 4.79 Å². The van der Waals surface area contributed by atoms with Crippen molar-refractivity contribution in [3.8, 4) is 0 Å². The Balaban J connectivity index is 2.19. The van der Waals surface area contributed by atoms with E-state index in [1.807, 2.05) is 6.07 Å². The van der Waals surface area contributed by atoms with Gasteiger partial charge in [0.15, 0.2) is 0 Å². The first-order chi connectivity index (χ1) is 6.65. The predicted molar refractivity (Wildman–Crippen MR) is 51.2 cm³/mol. The summed E-state index contributed by atoms with van der Waals surface area (Å²) in [6.45, 7) is 2.22. The first kappa shape index (κ1) is 9.31. The molecule has 76 valence electrons. The number of hydrogen-bond acceptors (Lipinski definition) is 2. The SMILES string of the molecule is CC1CCc2oc(CC(=O)O)cc2C1. The fourth-order valence-electron chi connectivity index (χ4n) is 2.00. The van der Waals surface area contributed by atoms with Crippen molar-refractivity contribution in [3.05, 3.63) is 23.2 Å². The maximum atomic E-state index is 10.5. The third-order valence-corrected chi connectivity index (χ3v) is 2.71. The van der Waals surface area contributed by atoms with E-state index in [2.05, 4.69) is 6.92 Å². The summed E-state index contributed by atoms with van der Waals surface area (Å²) in [7, 11) is 0. The van der Waals surface area contributed by atoms with Crippen LogP contribution in [0.2, 0.25) is 0 Å². The van der Waals surface area contributed by atoms with Gasteiger partial charge in [-0.3, -0.25) is 4.79 Å². The average Bonchev–Trinajstić information content (AvgIpc) is 2.44. The van der Waals surface area contributed by atoms with Crippen molar-refractivity contribution in [2.75, 3.05) is 0 Å². The number of furan rings is 1. The van der Waals surface area contributed by atoms with Gasteiger partial charge in [0.05, 0.1) is 0 Å². The fraction of sp³-hybridized carbons (Fsp3) is 0.545. The molecular weight excluding hydrogens is 180 g/mol. The van der Waals surface area contributed by atoms with Gasteiger partial charge in [-0.05, 0) is 30.4 Å². The Morgan fingerprint density at radius 2 is 2.50 bits per heavy atom. The summed E-state index contributed by atoms with van der Waals surface area (Å²) in [5.74, 6) is 1.46. The van der Waals surface area contributed by atoms with E-state index in [-0.39, 0.29) is 6.42 Å². The van der Waals surface area contributed by atoms with Gasteiger partial charge in [-0.2, -0.15) is 0 Å². The van der Waals surface area contributed by atoms with Gasteiger partial charge in [-0.15, -0.1) is 0 Å². The summed E-state index contributed by atoms with van der Waals surface area (Å²) in [6.07, 6.45) is 3.13. The number of carboxylic acids is 1. The summed E-state index contributed by atoms with van der Waals surface area (Å²) >= 11 is 0. The molecule has 0 aromatic carbocycles. The van der Waals surface area contributed by atoms with Crippen LogP contribution < -0.4 is 0 Å². The summed E-state index contributed by atoms with van der Waals surface area (Å²) in [5, 5.41) is 8.62. The molecule has 2 rings (SSSR count). The van der Waals surface area contributed by atoms with Crippen LogP contribution in [-0.4, -0.2) is 11.1 Å². The van der Waals surface area contributed by atoms with E-state index in [4.69, 9.17) is 9.52 Å². The van der Waals surface area contributed by atoms with Crippen molar-refractivity contribution in [2.24, 2.45) is 5.92 Å². The van der Waals surface area contributed by atoms with E-state index in [1.165, 1.54) is 5.56 Å². The Morgan fingerprint density at radius 1 is 1.71 bits per heavy atom. The second-order valence-corrected chi connectivity index (χ2v) is 4.08. The number of rotatable bonds is 2. The van der Waals surface area contributed by atoms with E-state index >= 15 is 0 Å². The van der Waals surface area contributed by atoms with Crippen LogP contribution in [0.5, 0.6) is 0 Å². The molecule has 1 aliphatic carbocycles. The molecule has 1 aliphatic rings. The quantitative estimate of drug-likeness (QED) is 0.783. The van der Waals surface area contributed by atoms with E-state index in [0.717, 1.165) is 25.0 Å². The molecule has 0 fully saturated rings. The summed E-state index contributed by atoms with van der Waals surface area (Å²) in [4.78, 5) is 10.5. The lowest BCUT2D eigenvalue weighted by molar-refractivity contribution is -0.136. The van der Waals surface area contributed by atoms with Gasteiger partial charge in [0.25, 0.3) is 0 Å². The Morgan fingerprint density at radius 3 is 3.21 bits per heavy atom. The first-order valence-corrected chi connectivity index (χ1v) is 4.97. The molecular formula is C11H14O3. The summed E-state index contributed by atoms with van der Waals surface area (Å²) in [5.41, 5.74) is 1.21. The molecule has 0 bridgehead atoms. The zero-order chi connectivity index (χ0) is 10.1. The maximum Gasteiger partial charge on any atom is 0.311 e. The molecule has 3 nitrogen and oxygen atoms in total.